The van der Waals surface area contributed by atoms with Crippen LogP contribution in [0.15, 0.2) is 60.7 Å². The van der Waals surface area contributed by atoms with E-state index in [-0.39, 0.29) is 29.5 Å². The summed E-state index contributed by atoms with van der Waals surface area (Å²) in [6.45, 7) is 5.60. The molecule has 1 aliphatic heterocycles. The maximum absolute atomic E-state index is 13.3. The zero-order valence-corrected chi connectivity index (χ0v) is 20.7. The summed E-state index contributed by atoms with van der Waals surface area (Å²) in [5.74, 6) is 1.12. The van der Waals surface area contributed by atoms with E-state index in [1.807, 2.05) is 55.5 Å². The lowest BCUT2D eigenvalue weighted by molar-refractivity contribution is -0.118. The zero-order valence-electron chi connectivity index (χ0n) is 20.7. The van der Waals surface area contributed by atoms with Crippen LogP contribution >= 0.6 is 0 Å². The van der Waals surface area contributed by atoms with Gasteiger partial charge in [-0.25, -0.2) is 0 Å². The molecule has 0 aromatic heterocycles. The molecule has 192 valence electrons. The van der Waals surface area contributed by atoms with Crippen LogP contribution in [0.1, 0.15) is 52.5 Å². The Morgan fingerprint density at radius 3 is 2.42 bits per heavy atom. The molecule has 0 unspecified atom stereocenters. The fourth-order valence-corrected chi connectivity index (χ4v) is 4.45. The van der Waals surface area contributed by atoms with Gasteiger partial charge in [0.25, 0.3) is 5.91 Å². The lowest BCUT2D eigenvalue weighted by Gasteiger charge is -2.23. The van der Waals surface area contributed by atoms with Gasteiger partial charge in [-0.05, 0) is 92.3 Å². The Labute approximate surface area is 214 Å². The number of nitrogens with one attached hydrogen (secondary N) is 2. The largest absolute Gasteiger partial charge is 0.454 e. The summed E-state index contributed by atoms with van der Waals surface area (Å²) >= 11 is 0. The number of anilines is 1. The highest BCUT2D eigenvalue weighted by atomic mass is 16.7. The standard InChI is InChI=1S/C29H30N2O5.3H2/c1-18-4-10-22(15-23(18)19-5-7-20(8-6-19)26(33)31-28(2,3)16-32)30-27(34)29(12-13-29)21-9-11-24-25(14-21)36-17-35-24;;;/h4-11,14-15,32H,12-13,16-17H2,1-3H3,(H,30,34)(H,31,33);3*1H. The topological polar surface area (TPSA) is 96.9 Å². The van der Waals surface area contributed by atoms with Crippen LogP contribution in [0.3, 0.4) is 0 Å². The molecule has 0 bridgehead atoms. The summed E-state index contributed by atoms with van der Waals surface area (Å²) in [4.78, 5) is 25.8. The Morgan fingerprint density at radius 1 is 1.00 bits per heavy atom. The van der Waals surface area contributed by atoms with Gasteiger partial charge in [-0.3, -0.25) is 9.59 Å². The van der Waals surface area contributed by atoms with Gasteiger partial charge in [0.1, 0.15) is 0 Å². The number of hydrogen-bond acceptors (Lipinski definition) is 5. The van der Waals surface area contributed by atoms with Crippen LogP contribution in [-0.4, -0.2) is 35.9 Å². The van der Waals surface area contributed by atoms with Crippen LogP contribution in [0.2, 0.25) is 0 Å². The molecule has 1 heterocycles. The average molecular weight is 493 g/mol. The minimum atomic E-state index is -0.696. The Bertz CT molecular complexity index is 1340. The van der Waals surface area contributed by atoms with Gasteiger partial charge in [0.05, 0.1) is 17.6 Å². The van der Waals surface area contributed by atoms with Gasteiger partial charge in [-0.1, -0.05) is 24.3 Å². The maximum Gasteiger partial charge on any atom is 0.251 e. The van der Waals surface area contributed by atoms with E-state index < -0.39 is 11.0 Å². The van der Waals surface area contributed by atoms with Crippen molar-refractivity contribution in [3.63, 3.8) is 0 Å². The monoisotopic (exact) mass is 492 g/mol. The predicted molar refractivity (Wildman–Crippen MR) is 144 cm³/mol. The van der Waals surface area contributed by atoms with Crippen LogP contribution in [0.25, 0.3) is 11.1 Å². The molecular weight excluding hydrogens is 456 g/mol. The summed E-state index contributed by atoms with van der Waals surface area (Å²) in [6.07, 6.45) is 1.57. The smallest absolute Gasteiger partial charge is 0.251 e. The number of hydrogen-bond donors (Lipinski definition) is 3. The molecule has 0 spiro atoms. The minimum Gasteiger partial charge on any atom is -0.454 e. The van der Waals surface area contributed by atoms with E-state index in [2.05, 4.69) is 10.6 Å². The summed E-state index contributed by atoms with van der Waals surface area (Å²) in [6, 6.07) is 18.9. The van der Waals surface area contributed by atoms with Crippen LogP contribution < -0.4 is 20.1 Å². The highest BCUT2D eigenvalue weighted by molar-refractivity contribution is 6.02. The molecular formula is C29H36N2O5. The van der Waals surface area contributed by atoms with Gasteiger partial charge >= 0.3 is 0 Å². The van der Waals surface area contributed by atoms with Crippen molar-refractivity contribution in [2.45, 2.75) is 44.6 Å². The van der Waals surface area contributed by atoms with Gasteiger partial charge in [0.2, 0.25) is 12.7 Å². The van der Waals surface area contributed by atoms with Crippen molar-refractivity contribution in [3.8, 4) is 22.6 Å². The van der Waals surface area contributed by atoms with Crippen molar-refractivity contribution in [3.05, 3.63) is 77.4 Å². The van der Waals surface area contributed by atoms with Gasteiger partial charge in [-0.2, -0.15) is 0 Å². The quantitative estimate of drug-likeness (QED) is 0.416. The Balaban J connectivity index is 0.00000178. The highest BCUT2D eigenvalue weighted by Crippen LogP contribution is 2.51. The number of aryl methyl sites for hydroxylation is 1. The third-order valence-electron chi connectivity index (χ3n) is 6.91. The Hall–Kier alpha value is -3.84. The first-order valence-electron chi connectivity index (χ1n) is 12.1. The molecule has 3 aromatic carbocycles. The first kappa shape index (κ1) is 23.9. The predicted octanol–water partition coefficient (Wildman–Crippen LogP) is 5.30. The van der Waals surface area contributed by atoms with Crippen LogP contribution in [0.4, 0.5) is 5.69 Å². The first-order valence-corrected chi connectivity index (χ1v) is 12.1. The highest BCUT2D eigenvalue weighted by Gasteiger charge is 2.51. The van der Waals surface area contributed by atoms with Crippen LogP contribution in [-0.2, 0) is 10.2 Å². The number of aliphatic hydroxyl groups is 1. The van der Waals surface area contributed by atoms with E-state index in [1.165, 1.54) is 0 Å². The molecule has 2 aliphatic rings. The van der Waals surface area contributed by atoms with Crippen molar-refractivity contribution >= 4 is 17.5 Å². The maximum atomic E-state index is 13.3. The van der Waals surface area contributed by atoms with Crippen molar-refractivity contribution in [1.29, 1.82) is 0 Å². The molecule has 0 saturated heterocycles. The fraction of sp³-hybridized carbons (Fsp3) is 0.310. The zero-order chi connectivity index (χ0) is 25.5. The van der Waals surface area contributed by atoms with Crippen molar-refractivity contribution in [1.82, 2.24) is 5.32 Å². The number of benzene rings is 3. The number of rotatable bonds is 7. The molecule has 0 atom stereocenters. The minimum absolute atomic E-state index is 0. The molecule has 1 fully saturated rings. The van der Waals surface area contributed by atoms with Crippen molar-refractivity contribution in [2.75, 3.05) is 18.7 Å². The molecule has 7 heteroatoms. The first-order chi connectivity index (χ1) is 17.2. The number of aliphatic hydroxyl groups excluding tert-OH is 1. The lowest BCUT2D eigenvalue weighted by atomic mass is 9.94. The van der Waals surface area contributed by atoms with Crippen LogP contribution in [0, 0.1) is 6.92 Å². The van der Waals surface area contributed by atoms with Crippen molar-refractivity contribution < 1.29 is 28.4 Å². The lowest BCUT2D eigenvalue weighted by Crippen LogP contribution is -2.46. The number of amides is 2. The fourth-order valence-electron chi connectivity index (χ4n) is 4.45. The normalized spacial score (nSPS) is 15.3. The van der Waals surface area contributed by atoms with E-state index in [1.54, 1.807) is 26.0 Å². The molecule has 5 rings (SSSR count). The van der Waals surface area contributed by atoms with Gasteiger partial charge in [-0.15, -0.1) is 0 Å². The van der Waals surface area contributed by atoms with E-state index in [0.29, 0.717) is 17.1 Å². The van der Waals surface area contributed by atoms with Gasteiger partial charge < -0.3 is 25.2 Å². The van der Waals surface area contributed by atoms with E-state index in [4.69, 9.17) is 9.47 Å². The van der Waals surface area contributed by atoms with Gasteiger partial charge in [0, 0.05) is 15.5 Å². The number of fused-ring (bicyclic) bond motifs is 1. The van der Waals surface area contributed by atoms with E-state index >= 15 is 0 Å². The second kappa shape index (κ2) is 8.99. The summed E-state index contributed by atoms with van der Waals surface area (Å²) in [7, 11) is 0. The third-order valence-corrected chi connectivity index (χ3v) is 6.91. The van der Waals surface area contributed by atoms with Gasteiger partial charge in [0.15, 0.2) is 11.5 Å². The third kappa shape index (κ3) is 4.54. The Morgan fingerprint density at radius 2 is 1.72 bits per heavy atom. The summed E-state index contributed by atoms with van der Waals surface area (Å²) in [5, 5.41) is 15.3. The Kier molecular flexibility index (Phi) is 5.96. The molecule has 0 radical (unpaired) electrons. The number of carbonyl (C=O) groups excluding carboxylic acids is 2. The molecule has 3 aromatic rings. The van der Waals surface area contributed by atoms with Crippen LogP contribution in [0.5, 0.6) is 11.5 Å². The number of carbonyl (C=O) groups is 2. The summed E-state index contributed by atoms with van der Waals surface area (Å²) < 4.78 is 10.9. The van der Waals surface area contributed by atoms with E-state index in [0.717, 1.165) is 40.8 Å². The van der Waals surface area contributed by atoms with Crippen molar-refractivity contribution in [2.24, 2.45) is 0 Å². The molecule has 3 N–H and O–H groups in total. The molecule has 1 saturated carbocycles. The molecule has 7 nitrogen and oxygen atoms in total. The molecule has 36 heavy (non-hydrogen) atoms. The number of ether oxygens (including phenoxy) is 2. The average Bonchev–Trinajstić information content (AvgIpc) is 3.56. The molecule has 2 amide bonds. The second-order valence-electron chi connectivity index (χ2n) is 10.2. The second-order valence-corrected chi connectivity index (χ2v) is 10.2. The SMILES string of the molecule is Cc1ccc(NC(=O)C2(c3ccc4c(c3)OCO4)CC2)cc1-c1ccc(C(=O)NC(C)(C)CO)cc1.[HH].[HH].[HH]. The van der Waals surface area contributed by atoms with E-state index in [9.17, 15) is 14.7 Å². The molecule has 1 aliphatic carbocycles. The summed E-state index contributed by atoms with van der Waals surface area (Å²) in [5.41, 5.74) is 3.91.